The van der Waals surface area contributed by atoms with Gasteiger partial charge in [-0.2, -0.15) is 0 Å². The molecule has 0 spiro atoms. The molecule has 0 aliphatic carbocycles. The topological polar surface area (TPSA) is 49.8 Å². The van der Waals surface area contributed by atoms with Crippen molar-refractivity contribution in [2.45, 2.75) is 37.3 Å². The standard InChI is InChI=1S/C22H26ClNO3/c1-27-20-5-2-4-17(16-20)21(6-3-15-25)24-13-11-22(26,12-14-24)18-7-9-19(23)10-8-18/h2,4-5,7-10,15-16,21,26H,3,6,11-14H2,1H3. The first-order chi connectivity index (χ1) is 13.1. The molecule has 27 heavy (non-hydrogen) atoms. The van der Waals surface area contributed by atoms with Crippen LogP contribution in [-0.4, -0.2) is 36.5 Å². The first-order valence-electron chi connectivity index (χ1n) is 9.36. The summed E-state index contributed by atoms with van der Waals surface area (Å²) in [6.45, 7) is 1.53. The van der Waals surface area contributed by atoms with Gasteiger partial charge in [-0.3, -0.25) is 4.90 Å². The number of ether oxygens (including phenoxy) is 1. The van der Waals surface area contributed by atoms with Crippen molar-refractivity contribution in [3.05, 3.63) is 64.7 Å². The zero-order chi connectivity index (χ0) is 19.3. The number of hydrogen-bond acceptors (Lipinski definition) is 4. The normalized spacial score (nSPS) is 18.0. The van der Waals surface area contributed by atoms with E-state index in [4.69, 9.17) is 16.3 Å². The number of aldehydes is 1. The number of rotatable bonds is 7. The Balaban J connectivity index is 1.75. The highest BCUT2D eigenvalue weighted by atomic mass is 35.5. The average molecular weight is 388 g/mol. The van der Waals surface area contributed by atoms with Crippen LogP contribution in [-0.2, 0) is 10.4 Å². The summed E-state index contributed by atoms with van der Waals surface area (Å²) in [5.41, 5.74) is 1.23. The van der Waals surface area contributed by atoms with Gasteiger partial charge in [0.15, 0.2) is 0 Å². The number of likely N-dealkylation sites (tertiary alicyclic amines) is 1. The minimum Gasteiger partial charge on any atom is -0.497 e. The largest absolute Gasteiger partial charge is 0.497 e. The number of carbonyl (C=O) groups excluding carboxylic acids is 1. The minimum atomic E-state index is -0.829. The van der Waals surface area contributed by atoms with E-state index in [1.807, 2.05) is 42.5 Å². The number of aliphatic hydroxyl groups is 1. The first-order valence-corrected chi connectivity index (χ1v) is 9.73. The summed E-state index contributed by atoms with van der Waals surface area (Å²) in [5.74, 6) is 0.818. The SMILES string of the molecule is COc1cccc(C(CCC=O)N2CCC(O)(c3ccc(Cl)cc3)CC2)c1. The molecule has 1 heterocycles. The lowest BCUT2D eigenvalue weighted by Crippen LogP contribution is -2.44. The highest BCUT2D eigenvalue weighted by Gasteiger charge is 2.36. The summed E-state index contributed by atoms with van der Waals surface area (Å²) < 4.78 is 5.36. The second kappa shape index (κ2) is 8.87. The van der Waals surface area contributed by atoms with Gasteiger partial charge in [0.25, 0.3) is 0 Å². The molecule has 5 heteroatoms. The third-order valence-corrected chi connectivity index (χ3v) is 5.74. The van der Waals surface area contributed by atoms with Crippen LogP contribution in [0.15, 0.2) is 48.5 Å². The molecular weight excluding hydrogens is 362 g/mol. The number of nitrogens with zero attached hydrogens (tertiary/aromatic N) is 1. The van der Waals surface area contributed by atoms with Crippen molar-refractivity contribution in [1.82, 2.24) is 4.90 Å². The predicted molar refractivity (Wildman–Crippen MR) is 107 cm³/mol. The van der Waals surface area contributed by atoms with Crippen molar-refractivity contribution in [2.75, 3.05) is 20.2 Å². The molecule has 2 aromatic rings. The molecule has 1 aliphatic rings. The van der Waals surface area contributed by atoms with Gasteiger partial charge in [-0.15, -0.1) is 0 Å². The maximum Gasteiger partial charge on any atom is 0.120 e. The maximum absolute atomic E-state index is 11.1. The molecule has 0 saturated carbocycles. The summed E-state index contributed by atoms with van der Waals surface area (Å²) in [5, 5.41) is 11.8. The number of carbonyl (C=O) groups is 1. The lowest BCUT2D eigenvalue weighted by molar-refractivity contribution is -0.108. The molecule has 0 bridgehead atoms. The molecule has 1 fully saturated rings. The Morgan fingerprint density at radius 2 is 1.93 bits per heavy atom. The zero-order valence-corrected chi connectivity index (χ0v) is 16.4. The summed E-state index contributed by atoms with van der Waals surface area (Å²) in [6, 6.07) is 15.6. The summed E-state index contributed by atoms with van der Waals surface area (Å²) in [6.07, 6.45) is 3.55. The molecule has 1 unspecified atom stereocenters. The monoisotopic (exact) mass is 387 g/mol. The fourth-order valence-corrected chi connectivity index (χ4v) is 4.02. The van der Waals surface area contributed by atoms with Crippen LogP contribution in [0.1, 0.15) is 42.9 Å². The molecule has 0 radical (unpaired) electrons. The first kappa shape index (κ1) is 19.9. The minimum absolute atomic E-state index is 0.139. The van der Waals surface area contributed by atoms with E-state index >= 15 is 0 Å². The number of benzene rings is 2. The molecule has 144 valence electrons. The van der Waals surface area contributed by atoms with Gasteiger partial charge in [0.1, 0.15) is 12.0 Å². The van der Waals surface area contributed by atoms with Crippen LogP contribution in [0.3, 0.4) is 0 Å². The Morgan fingerprint density at radius 1 is 1.22 bits per heavy atom. The van der Waals surface area contributed by atoms with Crippen molar-refractivity contribution >= 4 is 17.9 Å². The highest BCUT2D eigenvalue weighted by molar-refractivity contribution is 6.30. The lowest BCUT2D eigenvalue weighted by Gasteiger charge is -2.42. The molecular formula is C22H26ClNO3. The van der Waals surface area contributed by atoms with Gasteiger partial charge >= 0.3 is 0 Å². The van der Waals surface area contributed by atoms with Crippen molar-refractivity contribution in [3.63, 3.8) is 0 Å². The molecule has 1 aliphatic heterocycles. The Morgan fingerprint density at radius 3 is 2.56 bits per heavy atom. The summed E-state index contributed by atoms with van der Waals surface area (Å²) >= 11 is 5.97. The summed E-state index contributed by atoms with van der Waals surface area (Å²) in [7, 11) is 1.66. The third kappa shape index (κ3) is 4.70. The number of hydrogen-bond donors (Lipinski definition) is 1. The van der Waals surface area contributed by atoms with Crippen molar-refractivity contribution in [2.24, 2.45) is 0 Å². The van der Waals surface area contributed by atoms with Crippen LogP contribution >= 0.6 is 11.6 Å². The Bertz CT molecular complexity index is 754. The zero-order valence-electron chi connectivity index (χ0n) is 15.6. The Labute approximate surface area is 165 Å². The van der Waals surface area contributed by atoms with Crippen LogP contribution in [0, 0.1) is 0 Å². The van der Waals surface area contributed by atoms with Crippen molar-refractivity contribution in [3.8, 4) is 5.75 Å². The second-order valence-electron chi connectivity index (χ2n) is 7.11. The molecule has 0 amide bonds. The van der Waals surface area contributed by atoms with Gasteiger partial charge < -0.3 is 14.6 Å². The van der Waals surface area contributed by atoms with Crippen LogP contribution in [0.4, 0.5) is 0 Å². The quantitative estimate of drug-likeness (QED) is 0.717. The van der Waals surface area contributed by atoms with Crippen LogP contribution in [0.5, 0.6) is 5.75 Å². The van der Waals surface area contributed by atoms with E-state index in [0.29, 0.717) is 24.3 Å². The molecule has 4 nitrogen and oxygen atoms in total. The van der Waals surface area contributed by atoms with Gasteiger partial charge in [0.05, 0.1) is 12.7 Å². The second-order valence-corrected chi connectivity index (χ2v) is 7.55. The predicted octanol–water partition coefficient (Wildman–Crippen LogP) is 4.35. The van der Waals surface area contributed by atoms with Crippen molar-refractivity contribution in [1.29, 1.82) is 0 Å². The van der Waals surface area contributed by atoms with E-state index in [0.717, 1.165) is 42.7 Å². The molecule has 1 atom stereocenters. The third-order valence-electron chi connectivity index (χ3n) is 5.48. The summed E-state index contributed by atoms with van der Waals surface area (Å²) in [4.78, 5) is 13.3. The fraction of sp³-hybridized carbons (Fsp3) is 0.409. The lowest BCUT2D eigenvalue weighted by atomic mass is 9.83. The van der Waals surface area contributed by atoms with Gasteiger partial charge in [-0.25, -0.2) is 0 Å². The molecule has 3 rings (SSSR count). The number of methoxy groups -OCH3 is 1. The van der Waals surface area contributed by atoms with Crippen LogP contribution < -0.4 is 4.74 Å². The van der Waals surface area contributed by atoms with Gasteiger partial charge in [0.2, 0.25) is 0 Å². The van der Waals surface area contributed by atoms with Crippen LogP contribution in [0.25, 0.3) is 0 Å². The molecule has 1 saturated heterocycles. The molecule has 2 aromatic carbocycles. The van der Waals surface area contributed by atoms with Gasteiger partial charge in [-0.1, -0.05) is 35.9 Å². The molecule has 1 N–H and O–H groups in total. The smallest absolute Gasteiger partial charge is 0.120 e. The Kier molecular flexibility index (Phi) is 6.53. The number of piperidine rings is 1. The van der Waals surface area contributed by atoms with Crippen molar-refractivity contribution < 1.29 is 14.6 Å². The Hall–Kier alpha value is -1.88. The van der Waals surface area contributed by atoms with E-state index in [1.54, 1.807) is 7.11 Å². The van der Waals surface area contributed by atoms with E-state index in [2.05, 4.69) is 11.0 Å². The highest BCUT2D eigenvalue weighted by Crippen LogP contribution is 2.37. The fourth-order valence-electron chi connectivity index (χ4n) is 3.89. The van der Waals surface area contributed by atoms with Crippen LogP contribution in [0.2, 0.25) is 5.02 Å². The maximum atomic E-state index is 11.1. The number of halogens is 1. The van der Waals surface area contributed by atoms with E-state index in [9.17, 15) is 9.90 Å². The van der Waals surface area contributed by atoms with Gasteiger partial charge in [0, 0.05) is 30.6 Å². The van der Waals surface area contributed by atoms with E-state index in [1.165, 1.54) is 0 Å². The van der Waals surface area contributed by atoms with E-state index < -0.39 is 5.60 Å². The average Bonchev–Trinajstić information content (AvgIpc) is 2.70. The molecule has 0 aromatic heterocycles. The van der Waals surface area contributed by atoms with E-state index in [-0.39, 0.29) is 6.04 Å². The van der Waals surface area contributed by atoms with Gasteiger partial charge in [-0.05, 0) is 54.7 Å².